The average Bonchev–Trinajstić information content (AvgIpc) is 2.77. The van der Waals surface area contributed by atoms with Gasteiger partial charge in [-0.25, -0.2) is 0 Å². The maximum Gasteiger partial charge on any atom is 0.215 e. The van der Waals surface area contributed by atoms with Crippen molar-refractivity contribution >= 4 is 17.4 Å². The Hall–Kier alpha value is -0.960. The van der Waals surface area contributed by atoms with Crippen molar-refractivity contribution in [1.29, 1.82) is 0 Å². The van der Waals surface area contributed by atoms with Gasteiger partial charge in [0.05, 0.1) is 6.61 Å². The molecule has 0 amide bonds. The van der Waals surface area contributed by atoms with Crippen LogP contribution in [0.3, 0.4) is 0 Å². The Bertz CT molecular complexity index is 384. The van der Waals surface area contributed by atoms with E-state index in [2.05, 4.69) is 22.9 Å². The van der Waals surface area contributed by atoms with E-state index in [4.69, 9.17) is 16.3 Å². The van der Waals surface area contributed by atoms with E-state index in [0.29, 0.717) is 18.5 Å². The molecule has 2 rings (SSSR count). The van der Waals surface area contributed by atoms with E-state index in [1.54, 1.807) is 0 Å². The minimum atomic E-state index is 0.214. The molecule has 0 N–H and O–H groups in total. The van der Waals surface area contributed by atoms with Gasteiger partial charge in [0.15, 0.2) is 0 Å². The first-order valence-corrected chi connectivity index (χ1v) is 7.15. The Morgan fingerprint density at radius 1 is 1.56 bits per heavy atom. The molecule has 1 fully saturated rings. The SMILES string of the molecule is CCOc1cccc(N2CCCC2CC(C)Cl)n1. The predicted molar refractivity (Wildman–Crippen MR) is 75.7 cm³/mol. The van der Waals surface area contributed by atoms with Gasteiger partial charge in [0.25, 0.3) is 0 Å². The number of halogens is 1. The summed E-state index contributed by atoms with van der Waals surface area (Å²) in [6.07, 6.45) is 3.44. The van der Waals surface area contributed by atoms with Gasteiger partial charge in [-0.2, -0.15) is 4.98 Å². The van der Waals surface area contributed by atoms with Gasteiger partial charge in [-0.1, -0.05) is 6.07 Å². The maximum absolute atomic E-state index is 6.12. The number of rotatable bonds is 5. The maximum atomic E-state index is 6.12. The van der Waals surface area contributed by atoms with Gasteiger partial charge in [-0.05, 0) is 39.2 Å². The number of ether oxygens (including phenoxy) is 1. The number of pyridine rings is 1. The van der Waals surface area contributed by atoms with Crippen LogP contribution in [0, 0.1) is 0 Å². The summed E-state index contributed by atoms with van der Waals surface area (Å²) in [5, 5.41) is 0.214. The van der Waals surface area contributed by atoms with Gasteiger partial charge in [0, 0.05) is 24.0 Å². The number of anilines is 1. The predicted octanol–water partition coefficient (Wildman–Crippen LogP) is 3.47. The van der Waals surface area contributed by atoms with Crippen LogP contribution in [0.25, 0.3) is 0 Å². The van der Waals surface area contributed by atoms with Gasteiger partial charge in [-0.3, -0.25) is 0 Å². The summed E-state index contributed by atoms with van der Waals surface area (Å²) in [7, 11) is 0. The van der Waals surface area contributed by atoms with Crippen LogP contribution >= 0.6 is 11.6 Å². The lowest BCUT2D eigenvalue weighted by molar-refractivity contribution is 0.327. The van der Waals surface area contributed by atoms with E-state index in [0.717, 1.165) is 18.8 Å². The van der Waals surface area contributed by atoms with E-state index < -0.39 is 0 Å². The lowest BCUT2D eigenvalue weighted by Gasteiger charge is -2.26. The Morgan fingerprint density at radius 3 is 3.11 bits per heavy atom. The summed E-state index contributed by atoms with van der Waals surface area (Å²) in [5.74, 6) is 1.72. The van der Waals surface area contributed by atoms with Crippen LogP contribution in [0.2, 0.25) is 0 Å². The molecule has 0 aliphatic carbocycles. The van der Waals surface area contributed by atoms with Crippen molar-refractivity contribution in [3.63, 3.8) is 0 Å². The number of hydrogen-bond acceptors (Lipinski definition) is 3. The van der Waals surface area contributed by atoms with Gasteiger partial charge in [-0.15, -0.1) is 11.6 Å². The molecule has 0 saturated carbocycles. The molecule has 0 bridgehead atoms. The van der Waals surface area contributed by atoms with E-state index in [1.807, 2.05) is 19.1 Å². The third-order valence-corrected chi connectivity index (χ3v) is 3.45. The molecule has 1 aromatic heterocycles. The smallest absolute Gasteiger partial charge is 0.215 e. The second-order valence-corrected chi connectivity index (χ2v) is 5.52. The van der Waals surface area contributed by atoms with E-state index in [-0.39, 0.29) is 5.38 Å². The fourth-order valence-corrected chi connectivity index (χ4v) is 2.76. The summed E-state index contributed by atoms with van der Waals surface area (Å²) in [6.45, 7) is 5.75. The van der Waals surface area contributed by atoms with Crippen LogP contribution in [0.15, 0.2) is 18.2 Å². The zero-order chi connectivity index (χ0) is 13.0. The Balaban J connectivity index is 2.11. The molecule has 100 valence electrons. The minimum Gasteiger partial charge on any atom is -0.478 e. The highest BCUT2D eigenvalue weighted by Crippen LogP contribution is 2.28. The van der Waals surface area contributed by atoms with Crippen molar-refractivity contribution < 1.29 is 4.74 Å². The number of hydrogen-bond donors (Lipinski definition) is 0. The molecule has 0 aromatic carbocycles. The third-order valence-electron chi connectivity index (χ3n) is 3.27. The fraction of sp³-hybridized carbons (Fsp3) is 0.643. The Labute approximate surface area is 114 Å². The monoisotopic (exact) mass is 268 g/mol. The quantitative estimate of drug-likeness (QED) is 0.765. The molecule has 0 radical (unpaired) electrons. The van der Waals surface area contributed by atoms with Crippen LogP contribution in [0.4, 0.5) is 5.82 Å². The summed E-state index contributed by atoms with van der Waals surface area (Å²) in [4.78, 5) is 6.93. The van der Waals surface area contributed by atoms with Crippen LogP contribution in [0.5, 0.6) is 5.88 Å². The van der Waals surface area contributed by atoms with Crippen LogP contribution in [0.1, 0.15) is 33.1 Å². The summed E-state index contributed by atoms with van der Waals surface area (Å²) in [6, 6.07) is 6.48. The molecule has 2 atom stereocenters. The highest BCUT2D eigenvalue weighted by Gasteiger charge is 2.26. The highest BCUT2D eigenvalue weighted by atomic mass is 35.5. The lowest BCUT2D eigenvalue weighted by atomic mass is 10.1. The van der Waals surface area contributed by atoms with E-state index in [9.17, 15) is 0 Å². The van der Waals surface area contributed by atoms with E-state index >= 15 is 0 Å². The number of aromatic nitrogens is 1. The molecule has 1 saturated heterocycles. The van der Waals surface area contributed by atoms with Crippen LogP contribution in [-0.2, 0) is 0 Å². The number of alkyl halides is 1. The number of nitrogens with zero attached hydrogens (tertiary/aromatic N) is 2. The van der Waals surface area contributed by atoms with Gasteiger partial charge >= 0.3 is 0 Å². The summed E-state index contributed by atoms with van der Waals surface area (Å²) < 4.78 is 5.46. The Morgan fingerprint density at radius 2 is 2.39 bits per heavy atom. The first-order chi connectivity index (χ1) is 8.70. The van der Waals surface area contributed by atoms with E-state index in [1.165, 1.54) is 12.8 Å². The topological polar surface area (TPSA) is 25.4 Å². The summed E-state index contributed by atoms with van der Waals surface area (Å²) in [5.41, 5.74) is 0. The van der Waals surface area contributed by atoms with Crippen molar-refractivity contribution in [2.75, 3.05) is 18.1 Å². The van der Waals surface area contributed by atoms with Crippen molar-refractivity contribution in [2.24, 2.45) is 0 Å². The molecule has 1 aromatic rings. The highest BCUT2D eigenvalue weighted by molar-refractivity contribution is 6.20. The van der Waals surface area contributed by atoms with Gasteiger partial charge in [0.1, 0.15) is 5.82 Å². The Kier molecular flexibility index (Phi) is 4.70. The van der Waals surface area contributed by atoms with Crippen molar-refractivity contribution in [1.82, 2.24) is 4.98 Å². The molecule has 18 heavy (non-hydrogen) atoms. The molecule has 2 heterocycles. The minimum absolute atomic E-state index is 0.214. The zero-order valence-corrected chi connectivity index (χ0v) is 11.9. The van der Waals surface area contributed by atoms with Crippen molar-refractivity contribution in [3.05, 3.63) is 18.2 Å². The second kappa shape index (κ2) is 6.28. The first-order valence-electron chi connectivity index (χ1n) is 6.71. The molecule has 1 aliphatic rings. The van der Waals surface area contributed by atoms with Crippen molar-refractivity contribution in [2.45, 2.75) is 44.5 Å². The van der Waals surface area contributed by atoms with Crippen LogP contribution in [-0.4, -0.2) is 29.6 Å². The van der Waals surface area contributed by atoms with Gasteiger partial charge < -0.3 is 9.64 Å². The third kappa shape index (κ3) is 3.29. The zero-order valence-electron chi connectivity index (χ0n) is 11.1. The molecule has 3 nitrogen and oxygen atoms in total. The molecular weight excluding hydrogens is 248 g/mol. The fourth-order valence-electron chi connectivity index (χ4n) is 2.55. The largest absolute Gasteiger partial charge is 0.478 e. The molecule has 0 spiro atoms. The first kappa shape index (κ1) is 13.5. The van der Waals surface area contributed by atoms with Gasteiger partial charge in [0.2, 0.25) is 5.88 Å². The molecule has 4 heteroatoms. The standard InChI is InChI=1S/C14H21ClN2O/c1-3-18-14-8-4-7-13(16-14)17-9-5-6-12(17)10-11(2)15/h4,7-8,11-12H,3,5-6,9-10H2,1-2H3. The molecular formula is C14H21ClN2O. The lowest BCUT2D eigenvalue weighted by Crippen LogP contribution is -2.31. The normalized spacial score (nSPS) is 21.1. The summed E-state index contributed by atoms with van der Waals surface area (Å²) >= 11 is 6.12. The molecule has 1 aliphatic heterocycles. The average molecular weight is 269 g/mol. The molecule has 2 unspecified atom stereocenters. The van der Waals surface area contributed by atoms with Crippen LogP contribution < -0.4 is 9.64 Å². The van der Waals surface area contributed by atoms with Crippen molar-refractivity contribution in [3.8, 4) is 5.88 Å². The second-order valence-electron chi connectivity index (χ2n) is 4.77.